The Morgan fingerprint density at radius 1 is 1.04 bits per heavy atom. The predicted octanol–water partition coefficient (Wildman–Crippen LogP) is 2.40. The monoisotopic (exact) mass is 374 g/mol. The number of hydrogen-bond acceptors (Lipinski definition) is 5. The molecule has 0 radical (unpaired) electrons. The maximum atomic E-state index is 11.9. The lowest BCUT2D eigenvalue weighted by Gasteiger charge is -2.07. The number of thiophene rings is 1. The van der Waals surface area contributed by atoms with E-state index < -0.39 is 0 Å². The minimum absolute atomic E-state index is 0.0355. The number of benzene rings is 1. The second kappa shape index (κ2) is 10.4. The third-order valence-electron chi connectivity index (χ3n) is 3.72. The molecule has 1 aromatic carbocycles. The predicted molar refractivity (Wildman–Crippen MR) is 100 cm³/mol. The van der Waals surface area contributed by atoms with Gasteiger partial charge < -0.3 is 15.4 Å². The van der Waals surface area contributed by atoms with Gasteiger partial charge in [-0.25, -0.2) is 4.79 Å². The summed E-state index contributed by atoms with van der Waals surface area (Å²) in [5.74, 6) is -0.492. The van der Waals surface area contributed by atoms with Gasteiger partial charge in [-0.2, -0.15) is 0 Å². The third-order valence-corrected chi connectivity index (χ3v) is 4.59. The smallest absolute Gasteiger partial charge is 0.337 e. The molecule has 0 saturated carbocycles. The Morgan fingerprint density at radius 2 is 1.77 bits per heavy atom. The molecular formula is C19H22N2O4S. The molecule has 2 aromatic rings. The van der Waals surface area contributed by atoms with Crippen LogP contribution >= 0.6 is 11.3 Å². The summed E-state index contributed by atoms with van der Waals surface area (Å²) in [5, 5.41) is 7.52. The van der Waals surface area contributed by atoms with Crippen molar-refractivity contribution in [1.29, 1.82) is 0 Å². The maximum Gasteiger partial charge on any atom is 0.337 e. The summed E-state index contributed by atoms with van der Waals surface area (Å²) in [6.07, 6.45) is 1.65. The van der Waals surface area contributed by atoms with Gasteiger partial charge in [0.1, 0.15) is 0 Å². The van der Waals surface area contributed by atoms with Crippen LogP contribution in [0.3, 0.4) is 0 Å². The summed E-state index contributed by atoms with van der Waals surface area (Å²) in [5.41, 5.74) is 1.47. The molecule has 0 unspecified atom stereocenters. The second-order valence-electron chi connectivity index (χ2n) is 5.63. The fourth-order valence-electron chi connectivity index (χ4n) is 2.28. The normalized spacial score (nSPS) is 10.2. The Kier molecular flexibility index (Phi) is 7.82. The molecule has 2 N–H and O–H groups in total. The van der Waals surface area contributed by atoms with Crippen LogP contribution in [0.1, 0.15) is 38.4 Å². The van der Waals surface area contributed by atoms with Crippen LogP contribution in [0, 0.1) is 0 Å². The molecular weight excluding hydrogens is 352 g/mol. The van der Waals surface area contributed by atoms with Gasteiger partial charge in [-0.05, 0) is 42.0 Å². The van der Waals surface area contributed by atoms with Gasteiger partial charge >= 0.3 is 5.97 Å². The molecule has 0 aliphatic carbocycles. The van der Waals surface area contributed by atoms with Crippen molar-refractivity contribution in [3.05, 3.63) is 57.8 Å². The molecule has 2 rings (SSSR count). The molecule has 0 spiro atoms. The van der Waals surface area contributed by atoms with Crippen LogP contribution in [0.15, 0.2) is 41.8 Å². The van der Waals surface area contributed by atoms with E-state index >= 15 is 0 Å². The lowest BCUT2D eigenvalue weighted by Crippen LogP contribution is -2.29. The second-order valence-corrected chi connectivity index (χ2v) is 6.57. The highest BCUT2D eigenvalue weighted by atomic mass is 32.1. The lowest BCUT2D eigenvalue weighted by molar-refractivity contribution is -0.121. The van der Waals surface area contributed by atoms with Crippen molar-refractivity contribution in [2.75, 3.05) is 20.2 Å². The van der Waals surface area contributed by atoms with Gasteiger partial charge in [0.15, 0.2) is 0 Å². The number of amides is 2. The van der Waals surface area contributed by atoms with Crippen LogP contribution in [-0.4, -0.2) is 38.0 Å². The first-order valence-electron chi connectivity index (χ1n) is 8.36. The minimum Gasteiger partial charge on any atom is -0.465 e. The summed E-state index contributed by atoms with van der Waals surface area (Å²) in [4.78, 5) is 35.6. The number of nitrogens with one attached hydrogen (secondary N) is 2. The summed E-state index contributed by atoms with van der Waals surface area (Å²) in [6.45, 7) is 1.04. The lowest BCUT2D eigenvalue weighted by atomic mass is 10.1. The number of carbonyl (C=O) groups excluding carboxylic acids is 3. The zero-order valence-electron chi connectivity index (χ0n) is 14.6. The van der Waals surface area contributed by atoms with Crippen molar-refractivity contribution in [3.63, 3.8) is 0 Å². The number of aryl methyl sites for hydroxylation is 1. The Bertz CT molecular complexity index is 727. The summed E-state index contributed by atoms with van der Waals surface area (Å²) < 4.78 is 4.65. The van der Waals surface area contributed by atoms with E-state index in [0.29, 0.717) is 42.8 Å². The fourth-order valence-corrected chi connectivity index (χ4v) is 2.92. The topological polar surface area (TPSA) is 84.5 Å². The van der Waals surface area contributed by atoms with E-state index in [0.717, 1.165) is 5.56 Å². The van der Waals surface area contributed by atoms with Crippen molar-refractivity contribution < 1.29 is 19.1 Å². The largest absolute Gasteiger partial charge is 0.465 e. The van der Waals surface area contributed by atoms with Gasteiger partial charge in [-0.15, -0.1) is 11.3 Å². The molecule has 2 amide bonds. The van der Waals surface area contributed by atoms with Crippen LogP contribution in [-0.2, 0) is 16.0 Å². The van der Waals surface area contributed by atoms with E-state index in [2.05, 4.69) is 15.4 Å². The van der Waals surface area contributed by atoms with Crippen LogP contribution in [0.4, 0.5) is 0 Å². The Hall–Kier alpha value is -2.67. The van der Waals surface area contributed by atoms with Gasteiger partial charge in [-0.3, -0.25) is 9.59 Å². The molecule has 0 saturated heterocycles. The molecule has 0 bridgehead atoms. The van der Waals surface area contributed by atoms with Crippen molar-refractivity contribution in [2.24, 2.45) is 0 Å². The Labute approximate surface area is 156 Å². The van der Waals surface area contributed by atoms with Gasteiger partial charge in [0.2, 0.25) is 5.91 Å². The summed E-state index contributed by atoms with van der Waals surface area (Å²) >= 11 is 1.40. The Balaban J connectivity index is 1.59. The number of hydrogen-bond donors (Lipinski definition) is 2. The zero-order chi connectivity index (χ0) is 18.8. The van der Waals surface area contributed by atoms with Crippen LogP contribution in [0.5, 0.6) is 0 Å². The Morgan fingerprint density at radius 3 is 2.42 bits per heavy atom. The standard InChI is InChI=1S/C19H22N2O4S/c1-25-19(24)15-8-5-14(6-9-15)7-10-17(22)20-11-3-12-21-18(23)16-4-2-13-26-16/h2,4-6,8-9,13H,3,7,10-12H2,1H3,(H,20,22)(H,21,23). The van der Waals surface area contributed by atoms with Crippen molar-refractivity contribution in [2.45, 2.75) is 19.3 Å². The minimum atomic E-state index is -0.375. The van der Waals surface area contributed by atoms with Gasteiger partial charge in [-0.1, -0.05) is 18.2 Å². The number of methoxy groups -OCH3 is 1. The average molecular weight is 374 g/mol. The highest BCUT2D eigenvalue weighted by Gasteiger charge is 2.07. The zero-order valence-corrected chi connectivity index (χ0v) is 15.4. The van der Waals surface area contributed by atoms with Crippen molar-refractivity contribution in [3.8, 4) is 0 Å². The quantitative estimate of drug-likeness (QED) is 0.521. The van der Waals surface area contributed by atoms with E-state index in [9.17, 15) is 14.4 Å². The third kappa shape index (κ3) is 6.33. The highest BCUT2D eigenvalue weighted by Crippen LogP contribution is 2.08. The first-order valence-corrected chi connectivity index (χ1v) is 9.24. The first-order chi connectivity index (χ1) is 12.6. The van der Waals surface area contributed by atoms with Crippen LogP contribution in [0.2, 0.25) is 0 Å². The van der Waals surface area contributed by atoms with Crippen molar-refractivity contribution >= 4 is 29.1 Å². The molecule has 1 aromatic heterocycles. The van der Waals surface area contributed by atoms with E-state index in [1.54, 1.807) is 18.2 Å². The maximum absolute atomic E-state index is 11.9. The molecule has 0 fully saturated rings. The number of carbonyl (C=O) groups is 3. The van der Waals surface area contributed by atoms with Gasteiger partial charge in [0.25, 0.3) is 5.91 Å². The van der Waals surface area contributed by atoms with Gasteiger partial charge in [0.05, 0.1) is 17.6 Å². The molecule has 0 atom stereocenters. The molecule has 0 aliphatic rings. The SMILES string of the molecule is COC(=O)c1ccc(CCC(=O)NCCCNC(=O)c2cccs2)cc1. The summed E-state index contributed by atoms with van der Waals surface area (Å²) in [7, 11) is 1.34. The molecule has 6 nitrogen and oxygen atoms in total. The van der Waals surface area contributed by atoms with E-state index in [4.69, 9.17) is 0 Å². The van der Waals surface area contributed by atoms with Gasteiger partial charge in [0, 0.05) is 19.5 Å². The fraction of sp³-hybridized carbons (Fsp3) is 0.316. The van der Waals surface area contributed by atoms with Crippen LogP contribution < -0.4 is 10.6 Å². The van der Waals surface area contributed by atoms with Crippen molar-refractivity contribution in [1.82, 2.24) is 10.6 Å². The molecule has 138 valence electrons. The average Bonchev–Trinajstić information content (AvgIpc) is 3.20. The summed E-state index contributed by atoms with van der Waals surface area (Å²) in [6, 6.07) is 10.6. The first kappa shape index (κ1) is 19.7. The molecule has 7 heteroatoms. The van der Waals surface area contributed by atoms with Crippen LogP contribution in [0.25, 0.3) is 0 Å². The number of ether oxygens (including phenoxy) is 1. The molecule has 1 heterocycles. The number of rotatable bonds is 9. The highest BCUT2D eigenvalue weighted by molar-refractivity contribution is 7.12. The molecule has 26 heavy (non-hydrogen) atoms. The van der Waals surface area contributed by atoms with E-state index in [-0.39, 0.29) is 17.8 Å². The number of esters is 1. The molecule has 0 aliphatic heterocycles. The van der Waals surface area contributed by atoms with E-state index in [1.165, 1.54) is 18.4 Å². The van der Waals surface area contributed by atoms with E-state index in [1.807, 2.05) is 23.6 Å².